The monoisotopic (exact) mass is 442 g/mol. The first-order valence-electron chi connectivity index (χ1n) is 14.3. The quantitative estimate of drug-likeness (QED) is 0.394. The van der Waals surface area contributed by atoms with Gasteiger partial charge in [0.2, 0.25) is 0 Å². The molecule has 0 amide bonds. The number of ether oxygens (including phenoxy) is 1. The van der Waals surface area contributed by atoms with Crippen LogP contribution >= 0.6 is 0 Å². The lowest BCUT2D eigenvalue weighted by atomic mass is 9.30. The van der Waals surface area contributed by atoms with Crippen molar-refractivity contribution in [3.8, 4) is 0 Å². The zero-order valence-corrected chi connectivity index (χ0v) is 23.1. The molecule has 0 radical (unpaired) electrons. The number of hydrogen-bond acceptors (Lipinski definition) is 1. The molecule has 0 N–H and O–H groups in total. The summed E-state index contributed by atoms with van der Waals surface area (Å²) in [7, 11) is 1.95. The Bertz CT molecular complexity index is 756. The van der Waals surface area contributed by atoms with Gasteiger partial charge in [0, 0.05) is 7.11 Å². The molecule has 0 saturated heterocycles. The maximum atomic E-state index is 6.00. The van der Waals surface area contributed by atoms with E-state index in [2.05, 4.69) is 55.4 Å². The number of hydrogen-bond donors (Lipinski definition) is 0. The van der Waals surface area contributed by atoms with Crippen molar-refractivity contribution in [3.05, 3.63) is 0 Å². The topological polar surface area (TPSA) is 9.23 Å². The molecule has 184 valence electrons. The first kappa shape index (κ1) is 23.7. The van der Waals surface area contributed by atoms with Gasteiger partial charge in [-0.3, -0.25) is 0 Å². The number of rotatable bonds is 1. The fourth-order valence-corrected chi connectivity index (χ4v) is 11.7. The van der Waals surface area contributed by atoms with Crippen molar-refractivity contribution >= 4 is 0 Å². The zero-order chi connectivity index (χ0) is 23.4. The van der Waals surface area contributed by atoms with Gasteiger partial charge in [-0.15, -0.1) is 0 Å². The molecule has 1 nitrogen and oxygen atoms in total. The van der Waals surface area contributed by atoms with E-state index in [1.807, 2.05) is 7.11 Å². The van der Waals surface area contributed by atoms with Crippen LogP contribution in [0.25, 0.3) is 0 Å². The van der Waals surface area contributed by atoms with Gasteiger partial charge in [0.05, 0.1) is 6.10 Å². The van der Waals surface area contributed by atoms with Gasteiger partial charge in [-0.05, 0) is 127 Å². The van der Waals surface area contributed by atoms with Crippen LogP contribution in [0.5, 0.6) is 0 Å². The molecule has 32 heavy (non-hydrogen) atoms. The van der Waals surface area contributed by atoms with Crippen LogP contribution in [-0.2, 0) is 4.74 Å². The van der Waals surface area contributed by atoms with Crippen LogP contribution in [0, 0.1) is 56.2 Å². The Balaban J connectivity index is 1.52. The molecular weight excluding hydrogens is 388 g/mol. The van der Waals surface area contributed by atoms with E-state index in [9.17, 15) is 0 Å². The van der Waals surface area contributed by atoms with Gasteiger partial charge in [-0.2, -0.15) is 0 Å². The van der Waals surface area contributed by atoms with E-state index in [0.717, 1.165) is 17.8 Å². The van der Waals surface area contributed by atoms with E-state index >= 15 is 0 Å². The molecule has 5 aliphatic rings. The molecule has 5 aliphatic carbocycles. The molecular formula is C31H54O. The summed E-state index contributed by atoms with van der Waals surface area (Å²) in [6.45, 7) is 21.4. The minimum absolute atomic E-state index is 0.463. The van der Waals surface area contributed by atoms with Crippen LogP contribution in [0.3, 0.4) is 0 Å². The highest BCUT2D eigenvalue weighted by Gasteiger charge is 2.70. The summed E-state index contributed by atoms with van der Waals surface area (Å²) in [4.78, 5) is 0. The van der Waals surface area contributed by atoms with Gasteiger partial charge in [0.25, 0.3) is 0 Å². The highest BCUT2D eigenvalue weighted by molar-refractivity contribution is 5.19. The second-order valence-corrected chi connectivity index (χ2v) is 15.7. The van der Waals surface area contributed by atoms with Crippen LogP contribution in [0.2, 0.25) is 0 Å². The lowest BCUT2D eigenvalue weighted by Crippen LogP contribution is -2.68. The van der Waals surface area contributed by atoms with E-state index in [1.54, 1.807) is 0 Å². The molecule has 0 aromatic heterocycles. The maximum Gasteiger partial charge on any atom is 0.0602 e. The molecule has 0 aromatic carbocycles. The molecule has 5 rings (SSSR count). The second-order valence-electron chi connectivity index (χ2n) is 15.7. The average molecular weight is 443 g/mol. The van der Waals surface area contributed by atoms with Gasteiger partial charge in [-0.25, -0.2) is 0 Å². The Morgan fingerprint density at radius 2 is 1.22 bits per heavy atom. The lowest BCUT2D eigenvalue weighted by molar-refractivity contribution is -0.263. The fourth-order valence-electron chi connectivity index (χ4n) is 11.7. The molecule has 0 aromatic rings. The minimum Gasteiger partial charge on any atom is -0.381 e. The Morgan fingerprint density at radius 1 is 0.594 bits per heavy atom. The molecule has 0 heterocycles. The highest BCUT2D eigenvalue weighted by atomic mass is 16.5. The van der Waals surface area contributed by atoms with Gasteiger partial charge in [-0.1, -0.05) is 55.4 Å². The van der Waals surface area contributed by atoms with Gasteiger partial charge in [0.1, 0.15) is 0 Å². The van der Waals surface area contributed by atoms with Crippen molar-refractivity contribution in [1.82, 2.24) is 0 Å². The first-order valence-corrected chi connectivity index (χ1v) is 14.3. The van der Waals surface area contributed by atoms with Crippen LogP contribution in [0.4, 0.5) is 0 Å². The van der Waals surface area contributed by atoms with Crippen molar-refractivity contribution in [3.63, 3.8) is 0 Å². The summed E-state index contributed by atoms with van der Waals surface area (Å²) in [6, 6.07) is 0. The molecule has 0 unspecified atom stereocenters. The minimum atomic E-state index is 0.463. The SMILES string of the molecule is CO[C@H]1CC[C@@H]2[C@](C)(CC[C@@H]3[C@]2(C)CC[C@@]2(C)[C@H]4CC(C)(C)CC[C@]4(C)CC[C@]32C)[C@@H]1C. The third-order valence-corrected chi connectivity index (χ3v) is 14.2. The summed E-state index contributed by atoms with van der Waals surface area (Å²) in [5.74, 6) is 3.40. The zero-order valence-electron chi connectivity index (χ0n) is 23.1. The predicted molar refractivity (Wildman–Crippen MR) is 136 cm³/mol. The molecule has 10 atom stereocenters. The highest BCUT2D eigenvalue weighted by Crippen LogP contribution is 2.78. The number of fused-ring (bicyclic) bond motifs is 7. The fraction of sp³-hybridized carbons (Fsp3) is 1.00. The standard InChI is InChI=1S/C31H54O/c1-21-22(32-9)10-11-23-28(21,5)13-12-24-29(23,6)17-19-31(8)25-20-26(2,3)14-15-27(25,4)16-18-30(24,31)7/h21-25H,10-20H2,1-9H3/t21-,22+,23-,24-,25+,27-,28-,29-,30-,31+/m1/s1. The van der Waals surface area contributed by atoms with Gasteiger partial charge in [0.15, 0.2) is 0 Å². The van der Waals surface area contributed by atoms with Crippen LogP contribution in [-0.4, -0.2) is 13.2 Å². The Labute approximate surface area is 200 Å². The van der Waals surface area contributed by atoms with Gasteiger partial charge >= 0.3 is 0 Å². The van der Waals surface area contributed by atoms with Crippen LogP contribution in [0.15, 0.2) is 0 Å². The van der Waals surface area contributed by atoms with Crippen molar-refractivity contribution < 1.29 is 4.74 Å². The molecule has 5 saturated carbocycles. The van der Waals surface area contributed by atoms with Crippen molar-refractivity contribution in [1.29, 1.82) is 0 Å². The van der Waals surface area contributed by atoms with Gasteiger partial charge < -0.3 is 4.74 Å². The molecule has 5 fully saturated rings. The summed E-state index contributed by atoms with van der Waals surface area (Å²) < 4.78 is 6.00. The third kappa shape index (κ3) is 2.85. The summed E-state index contributed by atoms with van der Waals surface area (Å²) in [5.41, 5.74) is 3.14. The lowest BCUT2D eigenvalue weighted by Gasteiger charge is -2.75. The van der Waals surface area contributed by atoms with Crippen molar-refractivity contribution in [2.45, 2.75) is 132 Å². The smallest absolute Gasteiger partial charge is 0.0602 e. The van der Waals surface area contributed by atoms with E-state index in [1.165, 1.54) is 70.6 Å². The Morgan fingerprint density at radius 3 is 1.91 bits per heavy atom. The molecule has 1 heteroatoms. The van der Waals surface area contributed by atoms with Crippen molar-refractivity contribution in [2.24, 2.45) is 56.2 Å². The predicted octanol–water partition coefficient (Wildman–Crippen LogP) is 8.90. The summed E-state index contributed by atoms with van der Waals surface area (Å²) in [5, 5.41) is 0. The van der Waals surface area contributed by atoms with E-state index < -0.39 is 0 Å². The third-order valence-electron chi connectivity index (χ3n) is 14.2. The average Bonchev–Trinajstić information content (AvgIpc) is 2.72. The first-order chi connectivity index (χ1) is 14.8. The second kappa shape index (κ2) is 7.01. The van der Waals surface area contributed by atoms with E-state index in [0.29, 0.717) is 44.5 Å². The van der Waals surface area contributed by atoms with E-state index in [4.69, 9.17) is 4.74 Å². The maximum absolute atomic E-state index is 6.00. The van der Waals surface area contributed by atoms with Crippen LogP contribution < -0.4 is 0 Å². The van der Waals surface area contributed by atoms with Crippen molar-refractivity contribution in [2.75, 3.05) is 7.11 Å². The van der Waals surface area contributed by atoms with E-state index in [-0.39, 0.29) is 0 Å². The summed E-state index contributed by atoms with van der Waals surface area (Å²) in [6.07, 6.45) is 16.3. The Hall–Kier alpha value is -0.0400. The molecule has 0 bridgehead atoms. The number of methoxy groups -OCH3 is 1. The summed E-state index contributed by atoms with van der Waals surface area (Å²) >= 11 is 0. The molecule has 0 spiro atoms. The Kier molecular flexibility index (Phi) is 5.19. The largest absolute Gasteiger partial charge is 0.381 e. The van der Waals surface area contributed by atoms with Crippen LogP contribution in [0.1, 0.15) is 126 Å². The normalized spacial score (nSPS) is 59.3. The molecule has 0 aliphatic heterocycles.